The second-order valence-electron chi connectivity index (χ2n) is 10.1. The minimum Gasteiger partial charge on any atom is -0.456 e. The van der Waals surface area contributed by atoms with Gasteiger partial charge < -0.3 is 9.47 Å². The van der Waals surface area contributed by atoms with Crippen molar-refractivity contribution in [3.63, 3.8) is 0 Å². The first-order valence-electron chi connectivity index (χ1n) is 12.2. The molecule has 0 N–H and O–H groups in total. The summed E-state index contributed by atoms with van der Waals surface area (Å²) in [4.78, 5) is 40.4. The largest absolute Gasteiger partial charge is 0.456 e. The lowest BCUT2D eigenvalue weighted by Crippen LogP contribution is -2.43. The number of hydrogen-bond acceptors (Lipinski definition) is 5. The predicted molar refractivity (Wildman–Crippen MR) is 144 cm³/mol. The van der Waals surface area contributed by atoms with E-state index >= 15 is 0 Å². The minimum atomic E-state index is -0.619. The van der Waals surface area contributed by atoms with Gasteiger partial charge in [-0.2, -0.15) is 0 Å². The fourth-order valence-corrected chi connectivity index (χ4v) is 4.77. The predicted octanol–water partition coefficient (Wildman–Crippen LogP) is 6.32. The Bertz CT molecular complexity index is 1270. The SMILES string of the molecule is CC(C)(C)OC(=O)c1ccc(C[C@@H](C(=O)N2C(=O)OC[C@H]2Cc2ccccc2)c2cccc(Br)c2)cc1. The van der Waals surface area contributed by atoms with Crippen LogP contribution in [0.1, 0.15) is 53.7 Å². The van der Waals surface area contributed by atoms with Crippen LogP contribution in [0.2, 0.25) is 0 Å². The van der Waals surface area contributed by atoms with Gasteiger partial charge in [0, 0.05) is 4.47 Å². The molecule has 0 spiro atoms. The van der Waals surface area contributed by atoms with Crippen LogP contribution in [0.5, 0.6) is 0 Å². The Morgan fingerprint density at radius 2 is 1.70 bits per heavy atom. The Morgan fingerprint density at radius 3 is 2.35 bits per heavy atom. The topological polar surface area (TPSA) is 72.9 Å². The van der Waals surface area contributed by atoms with Crippen molar-refractivity contribution in [3.05, 3.63) is 106 Å². The fraction of sp³-hybridized carbons (Fsp3) is 0.300. The summed E-state index contributed by atoms with van der Waals surface area (Å²) in [6.45, 7) is 5.63. The summed E-state index contributed by atoms with van der Waals surface area (Å²) in [6.07, 6.45) is 0.256. The summed E-state index contributed by atoms with van der Waals surface area (Å²) in [7, 11) is 0. The van der Waals surface area contributed by atoms with Crippen LogP contribution in [-0.2, 0) is 27.1 Å². The zero-order chi connectivity index (χ0) is 26.6. The molecule has 0 radical (unpaired) electrons. The van der Waals surface area contributed by atoms with Crippen LogP contribution in [0.3, 0.4) is 0 Å². The van der Waals surface area contributed by atoms with Crippen LogP contribution in [0.25, 0.3) is 0 Å². The van der Waals surface area contributed by atoms with Gasteiger partial charge >= 0.3 is 12.1 Å². The number of carbonyl (C=O) groups is 3. The molecule has 1 saturated heterocycles. The highest BCUT2D eigenvalue weighted by molar-refractivity contribution is 9.10. The Kier molecular flexibility index (Phi) is 8.13. The van der Waals surface area contributed by atoms with E-state index in [1.807, 2.05) is 87.5 Å². The van der Waals surface area contributed by atoms with Gasteiger partial charge in [0.15, 0.2) is 0 Å². The molecule has 0 aliphatic carbocycles. The monoisotopic (exact) mass is 563 g/mol. The quantitative estimate of drug-likeness (QED) is 0.314. The van der Waals surface area contributed by atoms with Gasteiger partial charge in [-0.3, -0.25) is 4.79 Å². The Balaban J connectivity index is 1.60. The summed E-state index contributed by atoms with van der Waals surface area (Å²) in [5.41, 5.74) is 2.52. The molecule has 0 bridgehead atoms. The lowest BCUT2D eigenvalue weighted by atomic mass is 9.89. The average molecular weight is 564 g/mol. The summed E-state index contributed by atoms with van der Waals surface area (Å²) in [5, 5.41) is 0. The van der Waals surface area contributed by atoms with Crippen molar-refractivity contribution in [3.8, 4) is 0 Å². The van der Waals surface area contributed by atoms with Gasteiger partial charge in [-0.15, -0.1) is 0 Å². The van der Waals surface area contributed by atoms with Crippen molar-refractivity contribution < 1.29 is 23.9 Å². The lowest BCUT2D eigenvalue weighted by molar-refractivity contribution is -0.130. The van der Waals surface area contributed by atoms with E-state index in [1.165, 1.54) is 4.90 Å². The van der Waals surface area contributed by atoms with Crippen molar-refractivity contribution in [2.24, 2.45) is 0 Å². The molecule has 2 atom stereocenters. The molecule has 7 heteroatoms. The normalized spacial score (nSPS) is 16.3. The molecule has 1 aliphatic rings. The number of esters is 1. The summed E-state index contributed by atoms with van der Waals surface area (Å²) in [6, 6.07) is 24.0. The molecule has 2 amide bonds. The Labute approximate surface area is 225 Å². The molecule has 3 aromatic carbocycles. The van der Waals surface area contributed by atoms with E-state index < -0.39 is 23.6 Å². The molecule has 1 heterocycles. The number of cyclic esters (lactones) is 1. The van der Waals surface area contributed by atoms with Gasteiger partial charge in [0.05, 0.1) is 17.5 Å². The van der Waals surface area contributed by atoms with E-state index in [0.717, 1.165) is 21.2 Å². The lowest BCUT2D eigenvalue weighted by Gasteiger charge is -2.26. The zero-order valence-electron chi connectivity index (χ0n) is 21.1. The maximum absolute atomic E-state index is 13.9. The molecular weight excluding hydrogens is 534 g/mol. The van der Waals surface area contributed by atoms with Gasteiger partial charge in [0.25, 0.3) is 0 Å². The van der Waals surface area contributed by atoms with Crippen molar-refractivity contribution in [1.82, 2.24) is 4.90 Å². The molecule has 3 aromatic rings. The minimum absolute atomic E-state index is 0.162. The number of amides is 2. The van der Waals surface area contributed by atoms with Gasteiger partial charge in [-0.1, -0.05) is 70.5 Å². The maximum atomic E-state index is 13.9. The Hall–Kier alpha value is -3.45. The van der Waals surface area contributed by atoms with E-state index in [0.29, 0.717) is 18.4 Å². The highest BCUT2D eigenvalue weighted by atomic mass is 79.9. The number of nitrogens with zero attached hydrogens (tertiary/aromatic N) is 1. The van der Waals surface area contributed by atoms with E-state index in [9.17, 15) is 14.4 Å². The van der Waals surface area contributed by atoms with Crippen LogP contribution in [0.4, 0.5) is 4.79 Å². The van der Waals surface area contributed by atoms with E-state index in [4.69, 9.17) is 9.47 Å². The molecule has 0 unspecified atom stereocenters. The molecule has 6 nitrogen and oxygen atoms in total. The third-order valence-electron chi connectivity index (χ3n) is 6.09. The molecule has 1 fully saturated rings. The number of ether oxygens (including phenoxy) is 2. The summed E-state index contributed by atoms with van der Waals surface area (Å²) >= 11 is 3.50. The van der Waals surface area contributed by atoms with E-state index in [-0.39, 0.29) is 18.6 Å². The van der Waals surface area contributed by atoms with Gasteiger partial charge in [0.1, 0.15) is 12.2 Å². The maximum Gasteiger partial charge on any atom is 0.417 e. The third kappa shape index (κ3) is 6.86. The smallest absolute Gasteiger partial charge is 0.417 e. The highest BCUT2D eigenvalue weighted by Crippen LogP contribution is 2.30. The summed E-state index contributed by atoms with van der Waals surface area (Å²) < 4.78 is 11.6. The van der Waals surface area contributed by atoms with Gasteiger partial charge in [-0.05, 0) is 74.6 Å². The number of rotatable bonds is 7. The summed E-state index contributed by atoms with van der Waals surface area (Å²) in [5.74, 6) is -1.33. The van der Waals surface area contributed by atoms with E-state index in [1.54, 1.807) is 12.1 Å². The van der Waals surface area contributed by atoms with E-state index in [2.05, 4.69) is 15.9 Å². The molecule has 0 saturated carbocycles. The second-order valence-corrected chi connectivity index (χ2v) is 11.1. The second kappa shape index (κ2) is 11.3. The molecule has 0 aromatic heterocycles. The van der Waals surface area contributed by atoms with Crippen LogP contribution >= 0.6 is 15.9 Å². The van der Waals surface area contributed by atoms with Crippen LogP contribution in [-0.4, -0.2) is 41.1 Å². The van der Waals surface area contributed by atoms with Crippen LogP contribution in [0.15, 0.2) is 83.3 Å². The number of carbonyl (C=O) groups excluding carboxylic acids is 3. The molecule has 4 rings (SSSR count). The first-order valence-corrected chi connectivity index (χ1v) is 13.0. The molecule has 1 aliphatic heterocycles. The average Bonchev–Trinajstić information content (AvgIpc) is 3.21. The van der Waals surface area contributed by atoms with Crippen molar-refractivity contribution in [2.75, 3.05) is 6.61 Å². The zero-order valence-corrected chi connectivity index (χ0v) is 22.7. The van der Waals surface area contributed by atoms with Gasteiger partial charge in [0.2, 0.25) is 5.91 Å². The number of hydrogen-bond donors (Lipinski definition) is 0. The van der Waals surface area contributed by atoms with Crippen LogP contribution < -0.4 is 0 Å². The first-order chi connectivity index (χ1) is 17.6. The molecule has 37 heavy (non-hydrogen) atoms. The Morgan fingerprint density at radius 1 is 1.00 bits per heavy atom. The van der Waals surface area contributed by atoms with Crippen LogP contribution in [0, 0.1) is 0 Å². The first kappa shape index (κ1) is 26.6. The molecular formula is C30H30BrNO5. The standard InChI is InChI=1S/C30H30BrNO5/c1-30(2,3)37-28(34)22-14-12-21(13-15-22)17-26(23-10-7-11-24(31)18-23)27(33)32-25(19-36-29(32)35)16-20-8-5-4-6-9-20/h4-15,18,25-26H,16-17,19H2,1-3H3/t25-,26-/m1/s1. The number of imide groups is 1. The fourth-order valence-electron chi connectivity index (χ4n) is 4.36. The number of benzene rings is 3. The highest BCUT2D eigenvalue weighted by Gasteiger charge is 2.41. The van der Waals surface area contributed by atoms with Crippen molar-refractivity contribution >= 4 is 33.9 Å². The third-order valence-corrected chi connectivity index (χ3v) is 6.58. The number of halogens is 1. The van der Waals surface area contributed by atoms with Crippen molar-refractivity contribution in [2.45, 2.75) is 51.2 Å². The molecule has 192 valence electrons. The van der Waals surface area contributed by atoms with Gasteiger partial charge in [-0.25, -0.2) is 14.5 Å². The van der Waals surface area contributed by atoms with Crippen molar-refractivity contribution in [1.29, 1.82) is 0 Å².